The van der Waals surface area contributed by atoms with E-state index in [1.807, 2.05) is 42.5 Å². The second-order valence-corrected chi connectivity index (χ2v) is 5.32. The maximum atomic E-state index is 12.4. The predicted octanol–water partition coefficient (Wildman–Crippen LogP) is 4.64. The summed E-state index contributed by atoms with van der Waals surface area (Å²) in [5.41, 5.74) is 3.39. The molecule has 0 aliphatic heterocycles. The van der Waals surface area contributed by atoms with Crippen LogP contribution >= 0.6 is 11.6 Å². The Morgan fingerprint density at radius 1 is 1.19 bits per heavy atom. The molecule has 1 amide bonds. The lowest BCUT2D eigenvalue weighted by Gasteiger charge is -2.08. The maximum absolute atomic E-state index is 12.4. The number of fused-ring (bicyclic) bond motifs is 1. The van der Waals surface area contributed by atoms with Crippen LogP contribution in [-0.4, -0.2) is 10.9 Å². The van der Waals surface area contributed by atoms with E-state index in [0.29, 0.717) is 10.7 Å². The van der Waals surface area contributed by atoms with Gasteiger partial charge in [-0.25, -0.2) is 0 Å². The highest BCUT2D eigenvalue weighted by Crippen LogP contribution is 2.21. The lowest BCUT2D eigenvalue weighted by molar-refractivity contribution is 0.102. The number of rotatable bonds is 3. The van der Waals surface area contributed by atoms with Gasteiger partial charge >= 0.3 is 0 Å². The molecule has 0 aliphatic carbocycles. The molecule has 3 aromatic rings. The second-order valence-electron chi connectivity index (χ2n) is 4.88. The van der Waals surface area contributed by atoms with Gasteiger partial charge in [-0.15, -0.1) is 0 Å². The van der Waals surface area contributed by atoms with Crippen LogP contribution in [0.25, 0.3) is 10.9 Å². The summed E-state index contributed by atoms with van der Waals surface area (Å²) < 4.78 is 0. The summed E-state index contributed by atoms with van der Waals surface area (Å²) in [6.45, 7) is 2.07. The van der Waals surface area contributed by atoms with Crippen LogP contribution in [0.2, 0.25) is 5.02 Å². The van der Waals surface area contributed by atoms with E-state index in [9.17, 15) is 4.79 Å². The van der Waals surface area contributed by atoms with E-state index in [4.69, 9.17) is 11.6 Å². The summed E-state index contributed by atoms with van der Waals surface area (Å²) in [6.07, 6.45) is 0.874. The molecule has 0 saturated carbocycles. The minimum atomic E-state index is -0.150. The Kier molecular flexibility index (Phi) is 3.67. The van der Waals surface area contributed by atoms with Crippen molar-refractivity contribution in [3.8, 4) is 0 Å². The number of aromatic nitrogens is 1. The van der Waals surface area contributed by atoms with Gasteiger partial charge in [0, 0.05) is 21.6 Å². The molecular formula is C17H15ClN2O. The highest BCUT2D eigenvalue weighted by Gasteiger charge is 2.11. The Hall–Kier alpha value is -2.26. The Balaban J connectivity index is 1.90. The number of H-pyrrole nitrogens is 1. The molecule has 0 bridgehead atoms. The number of benzene rings is 2. The highest BCUT2D eigenvalue weighted by atomic mass is 35.5. The average Bonchev–Trinajstić information content (AvgIpc) is 2.91. The summed E-state index contributed by atoms with van der Waals surface area (Å²) in [7, 11) is 0. The van der Waals surface area contributed by atoms with Gasteiger partial charge in [0.2, 0.25) is 0 Å². The summed E-state index contributed by atoms with van der Waals surface area (Å²) in [5.74, 6) is -0.150. The molecule has 2 N–H and O–H groups in total. The van der Waals surface area contributed by atoms with Crippen LogP contribution in [-0.2, 0) is 6.42 Å². The number of amides is 1. The smallest absolute Gasteiger partial charge is 0.272 e. The first-order chi connectivity index (χ1) is 10.2. The van der Waals surface area contributed by atoms with Gasteiger partial charge in [0.1, 0.15) is 5.69 Å². The van der Waals surface area contributed by atoms with Crippen molar-refractivity contribution in [2.24, 2.45) is 0 Å². The van der Waals surface area contributed by atoms with Crippen molar-refractivity contribution in [1.29, 1.82) is 0 Å². The molecule has 0 atom stereocenters. The zero-order valence-electron chi connectivity index (χ0n) is 11.6. The molecule has 0 unspecified atom stereocenters. The van der Waals surface area contributed by atoms with E-state index in [-0.39, 0.29) is 5.91 Å². The highest BCUT2D eigenvalue weighted by molar-refractivity contribution is 6.31. The second kappa shape index (κ2) is 5.62. The number of carbonyl (C=O) groups is 1. The number of nitrogens with one attached hydrogen (secondary N) is 2. The first-order valence-electron chi connectivity index (χ1n) is 6.85. The molecule has 0 aliphatic rings. The molecular weight excluding hydrogens is 284 g/mol. The van der Waals surface area contributed by atoms with Gasteiger partial charge in [-0.2, -0.15) is 0 Å². The molecule has 1 heterocycles. The van der Waals surface area contributed by atoms with E-state index in [1.54, 1.807) is 6.07 Å². The van der Waals surface area contributed by atoms with Gasteiger partial charge in [-0.1, -0.05) is 36.7 Å². The van der Waals surface area contributed by atoms with Crippen molar-refractivity contribution >= 4 is 34.1 Å². The van der Waals surface area contributed by atoms with Crippen LogP contribution in [0.15, 0.2) is 48.5 Å². The zero-order chi connectivity index (χ0) is 14.8. The monoisotopic (exact) mass is 298 g/mol. The number of hydrogen-bond acceptors (Lipinski definition) is 1. The minimum Gasteiger partial charge on any atom is -0.351 e. The maximum Gasteiger partial charge on any atom is 0.272 e. The van der Waals surface area contributed by atoms with Gasteiger partial charge < -0.3 is 10.3 Å². The quantitative estimate of drug-likeness (QED) is 0.727. The van der Waals surface area contributed by atoms with Crippen molar-refractivity contribution in [3.05, 3.63) is 64.8 Å². The number of para-hydroxylation sites is 1. The van der Waals surface area contributed by atoms with Crippen LogP contribution in [0.3, 0.4) is 0 Å². The van der Waals surface area contributed by atoms with Crippen LogP contribution in [0.5, 0.6) is 0 Å². The minimum absolute atomic E-state index is 0.150. The fourth-order valence-corrected chi connectivity index (χ4v) is 2.55. The van der Waals surface area contributed by atoms with Crippen molar-refractivity contribution in [1.82, 2.24) is 4.98 Å². The summed E-state index contributed by atoms with van der Waals surface area (Å²) in [5, 5.41) is 4.53. The van der Waals surface area contributed by atoms with Crippen LogP contribution in [0.4, 0.5) is 5.69 Å². The number of hydrogen-bond donors (Lipinski definition) is 2. The summed E-state index contributed by atoms with van der Waals surface area (Å²) in [6, 6.07) is 15.1. The number of anilines is 1. The third-order valence-corrected chi connectivity index (χ3v) is 3.71. The van der Waals surface area contributed by atoms with Gasteiger partial charge in [-0.05, 0) is 42.3 Å². The Labute approximate surface area is 127 Å². The van der Waals surface area contributed by atoms with E-state index in [2.05, 4.69) is 17.2 Å². The van der Waals surface area contributed by atoms with Gasteiger partial charge in [0.25, 0.3) is 5.91 Å². The van der Waals surface area contributed by atoms with Crippen molar-refractivity contribution in [2.45, 2.75) is 13.3 Å². The Morgan fingerprint density at radius 3 is 2.81 bits per heavy atom. The van der Waals surface area contributed by atoms with E-state index < -0.39 is 0 Å². The fraction of sp³-hybridized carbons (Fsp3) is 0.118. The van der Waals surface area contributed by atoms with Crippen LogP contribution in [0.1, 0.15) is 23.0 Å². The standard InChI is InChI=1S/C17H15ClN2O/c1-2-11-5-3-4-6-14(11)20-17(21)16-10-12-9-13(18)7-8-15(12)19-16/h3-10,19H,2H2,1H3,(H,20,21). The third-order valence-electron chi connectivity index (χ3n) is 3.47. The fourth-order valence-electron chi connectivity index (χ4n) is 2.37. The molecule has 3 rings (SSSR count). The zero-order valence-corrected chi connectivity index (χ0v) is 12.4. The molecule has 0 spiro atoms. The number of carbonyl (C=O) groups excluding carboxylic acids is 1. The third kappa shape index (κ3) is 2.78. The summed E-state index contributed by atoms with van der Waals surface area (Å²) >= 11 is 5.96. The molecule has 106 valence electrons. The molecule has 4 heteroatoms. The molecule has 1 aromatic heterocycles. The van der Waals surface area contributed by atoms with Crippen LogP contribution < -0.4 is 5.32 Å². The molecule has 0 fully saturated rings. The average molecular weight is 299 g/mol. The van der Waals surface area contributed by atoms with Crippen molar-refractivity contribution in [3.63, 3.8) is 0 Å². The molecule has 3 nitrogen and oxygen atoms in total. The normalized spacial score (nSPS) is 10.8. The predicted molar refractivity (Wildman–Crippen MR) is 87.1 cm³/mol. The topological polar surface area (TPSA) is 44.9 Å². The Morgan fingerprint density at radius 2 is 2.00 bits per heavy atom. The molecule has 0 radical (unpaired) electrons. The van der Waals surface area contributed by atoms with E-state index in [1.165, 1.54) is 0 Å². The molecule has 21 heavy (non-hydrogen) atoms. The number of aromatic amines is 1. The van der Waals surface area contributed by atoms with Crippen LogP contribution in [0, 0.1) is 0 Å². The van der Waals surface area contributed by atoms with Crippen molar-refractivity contribution in [2.75, 3.05) is 5.32 Å². The summed E-state index contributed by atoms with van der Waals surface area (Å²) in [4.78, 5) is 15.5. The van der Waals surface area contributed by atoms with Gasteiger partial charge in [0.15, 0.2) is 0 Å². The SMILES string of the molecule is CCc1ccccc1NC(=O)c1cc2cc(Cl)ccc2[nH]1. The molecule has 0 saturated heterocycles. The van der Waals surface area contributed by atoms with E-state index in [0.717, 1.165) is 28.6 Å². The Bertz CT molecular complexity index is 807. The van der Waals surface area contributed by atoms with E-state index >= 15 is 0 Å². The first-order valence-corrected chi connectivity index (χ1v) is 7.22. The largest absolute Gasteiger partial charge is 0.351 e. The van der Waals surface area contributed by atoms with Gasteiger partial charge in [-0.3, -0.25) is 4.79 Å². The lowest BCUT2D eigenvalue weighted by Crippen LogP contribution is -2.13. The van der Waals surface area contributed by atoms with Crippen molar-refractivity contribution < 1.29 is 4.79 Å². The van der Waals surface area contributed by atoms with Gasteiger partial charge in [0.05, 0.1) is 0 Å². The molecule has 2 aromatic carbocycles. The lowest BCUT2D eigenvalue weighted by atomic mass is 10.1. The first kappa shape index (κ1) is 13.7. The number of aryl methyl sites for hydroxylation is 1. The number of halogens is 1.